The van der Waals surface area contributed by atoms with Crippen molar-refractivity contribution in [1.29, 1.82) is 0 Å². The first-order valence-electron chi connectivity index (χ1n) is 6.17. The Hall–Kier alpha value is -2.69. The summed E-state index contributed by atoms with van der Waals surface area (Å²) in [5, 5.41) is 14.2. The van der Waals surface area contributed by atoms with Gasteiger partial charge in [-0.3, -0.25) is 10.1 Å². The van der Waals surface area contributed by atoms with Gasteiger partial charge < -0.3 is 5.32 Å². The summed E-state index contributed by atoms with van der Waals surface area (Å²) >= 11 is 0. The van der Waals surface area contributed by atoms with Gasteiger partial charge in [0.1, 0.15) is 5.82 Å². The van der Waals surface area contributed by atoms with Crippen molar-refractivity contribution in [3.63, 3.8) is 0 Å². The molecule has 0 fully saturated rings. The third kappa shape index (κ3) is 3.00. The first kappa shape index (κ1) is 13.7. The summed E-state index contributed by atoms with van der Waals surface area (Å²) in [5.41, 5.74) is 1.68. The maximum absolute atomic E-state index is 11.1. The van der Waals surface area contributed by atoms with E-state index in [1.54, 1.807) is 30.5 Å². The van der Waals surface area contributed by atoms with Gasteiger partial charge in [-0.15, -0.1) is 6.58 Å². The molecule has 0 amide bonds. The van der Waals surface area contributed by atoms with Crippen LogP contribution >= 0.6 is 0 Å². The van der Waals surface area contributed by atoms with Gasteiger partial charge in [0.05, 0.1) is 16.5 Å². The average molecular weight is 269 g/mol. The fourth-order valence-electron chi connectivity index (χ4n) is 1.89. The lowest BCUT2D eigenvalue weighted by Gasteiger charge is -2.16. The largest absolute Gasteiger partial charge is 0.360 e. The van der Waals surface area contributed by atoms with E-state index >= 15 is 0 Å². The van der Waals surface area contributed by atoms with E-state index in [-0.39, 0.29) is 11.7 Å². The van der Waals surface area contributed by atoms with Gasteiger partial charge in [0.2, 0.25) is 0 Å². The van der Waals surface area contributed by atoms with E-state index in [1.807, 2.05) is 19.1 Å². The number of nitro groups is 1. The van der Waals surface area contributed by atoms with Crippen LogP contribution in [-0.4, -0.2) is 9.91 Å². The van der Waals surface area contributed by atoms with Crippen LogP contribution in [0.3, 0.4) is 0 Å². The van der Waals surface area contributed by atoms with Gasteiger partial charge >= 0.3 is 0 Å². The van der Waals surface area contributed by atoms with Crippen molar-refractivity contribution in [3.8, 4) is 0 Å². The number of aromatic nitrogens is 1. The number of benzene rings is 1. The quantitative estimate of drug-likeness (QED) is 0.511. The van der Waals surface area contributed by atoms with E-state index in [0.717, 1.165) is 5.56 Å². The molecule has 1 aromatic carbocycles. The molecule has 5 heteroatoms. The Kier molecular flexibility index (Phi) is 4.10. The third-order valence-corrected chi connectivity index (χ3v) is 2.92. The predicted octanol–water partition coefficient (Wildman–Crippen LogP) is 3.64. The minimum atomic E-state index is -0.393. The lowest BCUT2D eigenvalue weighted by atomic mass is 10.0. The Labute approximate surface area is 117 Å². The van der Waals surface area contributed by atoms with E-state index in [4.69, 9.17) is 0 Å². The number of hydrogen-bond acceptors (Lipinski definition) is 4. The Bertz CT molecular complexity index is 623. The monoisotopic (exact) mass is 269 g/mol. The molecule has 0 aliphatic heterocycles. The molecule has 0 saturated carbocycles. The second-order valence-corrected chi connectivity index (χ2v) is 4.39. The van der Waals surface area contributed by atoms with Crippen LogP contribution in [-0.2, 0) is 0 Å². The van der Waals surface area contributed by atoms with Crippen molar-refractivity contribution in [1.82, 2.24) is 4.98 Å². The van der Waals surface area contributed by atoms with Crippen LogP contribution in [0.15, 0.2) is 55.3 Å². The van der Waals surface area contributed by atoms with Gasteiger partial charge in [-0.2, -0.15) is 0 Å². The number of aryl methyl sites for hydroxylation is 1. The minimum absolute atomic E-state index is 0.0667. The fourth-order valence-corrected chi connectivity index (χ4v) is 1.89. The summed E-state index contributed by atoms with van der Waals surface area (Å²) in [6, 6.07) is 10.00. The molecule has 1 heterocycles. The lowest BCUT2D eigenvalue weighted by Crippen LogP contribution is -2.11. The summed E-state index contributed by atoms with van der Waals surface area (Å²) in [5.74, 6) is 0.652. The summed E-state index contributed by atoms with van der Waals surface area (Å²) < 4.78 is 0. The topological polar surface area (TPSA) is 68.1 Å². The van der Waals surface area contributed by atoms with Crippen molar-refractivity contribution >= 4 is 11.5 Å². The normalized spacial score (nSPS) is 11.7. The van der Waals surface area contributed by atoms with Crippen molar-refractivity contribution in [2.75, 3.05) is 5.32 Å². The van der Waals surface area contributed by atoms with E-state index in [1.165, 1.54) is 6.07 Å². The first-order valence-corrected chi connectivity index (χ1v) is 6.17. The van der Waals surface area contributed by atoms with Crippen molar-refractivity contribution in [2.24, 2.45) is 0 Å². The van der Waals surface area contributed by atoms with Crippen LogP contribution in [0.4, 0.5) is 11.5 Å². The van der Waals surface area contributed by atoms with Gasteiger partial charge in [-0.1, -0.05) is 24.3 Å². The molecule has 1 aromatic heterocycles. The first-order chi connectivity index (χ1) is 9.61. The molecule has 0 aliphatic rings. The molecular weight excluding hydrogens is 254 g/mol. The Balaban J connectivity index is 2.31. The second-order valence-electron chi connectivity index (χ2n) is 4.39. The summed E-state index contributed by atoms with van der Waals surface area (Å²) in [7, 11) is 0. The summed E-state index contributed by atoms with van der Waals surface area (Å²) in [6.07, 6.45) is 3.37. The molecule has 0 radical (unpaired) electrons. The number of nitro benzene ring substituents is 1. The standard InChI is InChI=1S/C15H15N3O2/c1-3-13(17-15-9-8-11(2)10-16-15)12-6-4-5-7-14(12)18(19)20/h3-10,13H,1H2,2H3,(H,16,17). The zero-order chi connectivity index (χ0) is 14.5. The van der Waals surface area contributed by atoms with Crippen molar-refractivity contribution < 1.29 is 4.92 Å². The van der Waals surface area contributed by atoms with E-state index in [0.29, 0.717) is 11.4 Å². The zero-order valence-corrected chi connectivity index (χ0v) is 11.1. The molecule has 1 atom stereocenters. The molecule has 1 unspecified atom stereocenters. The number of para-hydroxylation sites is 1. The maximum Gasteiger partial charge on any atom is 0.274 e. The smallest absolute Gasteiger partial charge is 0.274 e. The molecule has 2 rings (SSSR count). The molecule has 2 aromatic rings. The van der Waals surface area contributed by atoms with Gasteiger partial charge in [-0.05, 0) is 24.6 Å². The molecule has 5 nitrogen and oxygen atoms in total. The Morgan fingerprint density at radius 3 is 2.70 bits per heavy atom. The highest BCUT2D eigenvalue weighted by molar-refractivity contribution is 5.49. The average Bonchev–Trinajstić information content (AvgIpc) is 2.46. The van der Waals surface area contributed by atoms with E-state index in [2.05, 4.69) is 16.9 Å². The highest BCUT2D eigenvalue weighted by atomic mass is 16.6. The van der Waals surface area contributed by atoms with Gasteiger partial charge in [0.15, 0.2) is 0 Å². The number of anilines is 1. The Morgan fingerprint density at radius 2 is 2.10 bits per heavy atom. The highest BCUT2D eigenvalue weighted by Gasteiger charge is 2.19. The molecule has 20 heavy (non-hydrogen) atoms. The van der Waals surface area contributed by atoms with Crippen LogP contribution in [0.25, 0.3) is 0 Å². The molecule has 0 spiro atoms. The molecule has 1 N–H and O–H groups in total. The zero-order valence-electron chi connectivity index (χ0n) is 11.1. The van der Waals surface area contributed by atoms with Crippen molar-refractivity contribution in [3.05, 3.63) is 76.5 Å². The van der Waals surface area contributed by atoms with Crippen LogP contribution in [0.5, 0.6) is 0 Å². The Morgan fingerprint density at radius 1 is 1.35 bits per heavy atom. The molecule has 102 valence electrons. The van der Waals surface area contributed by atoms with Crippen LogP contribution < -0.4 is 5.32 Å². The lowest BCUT2D eigenvalue weighted by molar-refractivity contribution is -0.385. The summed E-state index contributed by atoms with van der Waals surface area (Å²) in [6.45, 7) is 5.69. The SMILES string of the molecule is C=CC(Nc1ccc(C)cn1)c1ccccc1[N+](=O)[O-]. The minimum Gasteiger partial charge on any atom is -0.360 e. The number of rotatable bonds is 5. The number of nitrogens with one attached hydrogen (secondary N) is 1. The fraction of sp³-hybridized carbons (Fsp3) is 0.133. The summed E-state index contributed by atoms with van der Waals surface area (Å²) in [4.78, 5) is 14.9. The predicted molar refractivity (Wildman–Crippen MR) is 78.6 cm³/mol. The molecule has 0 aliphatic carbocycles. The van der Waals surface area contributed by atoms with Crippen LogP contribution in [0.2, 0.25) is 0 Å². The van der Waals surface area contributed by atoms with E-state index < -0.39 is 4.92 Å². The van der Waals surface area contributed by atoms with Crippen molar-refractivity contribution in [2.45, 2.75) is 13.0 Å². The molecular formula is C15H15N3O2. The highest BCUT2D eigenvalue weighted by Crippen LogP contribution is 2.27. The van der Waals surface area contributed by atoms with Crippen LogP contribution in [0, 0.1) is 17.0 Å². The van der Waals surface area contributed by atoms with Crippen LogP contribution in [0.1, 0.15) is 17.2 Å². The number of nitrogens with zero attached hydrogens (tertiary/aromatic N) is 2. The van der Waals surface area contributed by atoms with E-state index in [9.17, 15) is 10.1 Å². The van der Waals surface area contributed by atoms with Gasteiger partial charge in [0.25, 0.3) is 5.69 Å². The number of pyridine rings is 1. The molecule has 0 bridgehead atoms. The molecule has 0 saturated heterocycles. The van der Waals surface area contributed by atoms with Gasteiger partial charge in [-0.25, -0.2) is 4.98 Å². The third-order valence-electron chi connectivity index (χ3n) is 2.92. The maximum atomic E-state index is 11.1. The second kappa shape index (κ2) is 5.97. The number of hydrogen-bond donors (Lipinski definition) is 1. The van der Waals surface area contributed by atoms with Gasteiger partial charge in [0, 0.05) is 12.3 Å².